The number of benzene rings is 2. The van der Waals surface area contributed by atoms with Crippen LogP contribution in [0.2, 0.25) is 25.7 Å². The van der Waals surface area contributed by atoms with Gasteiger partial charge in [-0.05, 0) is 68.1 Å². The number of methoxy groups -OCH3 is 2. The molecule has 6 heterocycles. The van der Waals surface area contributed by atoms with Gasteiger partial charge in [0.05, 0.1) is 48.8 Å². The third kappa shape index (κ3) is 10.1. The number of carbonyl (C=O) groups is 2. The van der Waals surface area contributed by atoms with Gasteiger partial charge in [-0.15, -0.1) is 0 Å². The lowest BCUT2D eigenvalue weighted by molar-refractivity contribution is 0.0885. The molecule has 8 aromatic rings. The van der Waals surface area contributed by atoms with E-state index in [1.54, 1.807) is 43.7 Å². The van der Waals surface area contributed by atoms with Crippen molar-refractivity contribution in [1.29, 1.82) is 0 Å². The number of fused-ring (bicyclic) bond motifs is 4. The molecule has 0 radical (unpaired) electrons. The van der Waals surface area contributed by atoms with Gasteiger partial charge < -0.3 is 45.9 Å². The number of rotatable bonds is 13. The third-order valence-electron chi connectivity index (χ3n) is 13.5. The number of amides is 2. The molecule has 7 N–H and O–H groups in total. The van der Waals surface area contributed by atoms with Gasteiger partial charge in [0, 0.05) is 76.1 Å². The predicted molar refractivity (Wildman–Crippen MR) is 273 cm³/mol. The molecule has 0 saturated heterocycles. The normalized spacial score (nSPS) is 18.5. The van der Waals surface area contributed by atoms with E-state index in [9.17, 15) is 9.59 Å². The Balaban J connectivity index is 0.000000178. The average molecular weight is 969 g/mol. The van der Waals surface area contributed by atoms with Gasteiger partial charge in [0.2, 0.25) is 0 Å². The number of nitrogens with zero attached hydrogens (tertiary/aromatic N) is 9. The summed E-state index contributed by atoms with van der Waals surface area (Å²) in [5.74, 6) is 1.09. The highest BCUT2D eigenvalue weighted by Gasteiger charge is 2.28. The van der Waals surface area contributed by atoms with Crippen molar-refractivity contribution in [3.63, 3.8) is 0 Å². The summed E-state index contributed by atoms with van der Waals surface area (Å²) in [5.41, 5.74) is 20.1. The highest BCUT2D eigenvalue weighted by Crippen LogP contribution is 2.33. The van der Waals surface area contributed by atoms with Crippen LogP contribution in [0.25, 0.3) is 66.9 Å². The predicted octanol–water partition coefficient (Wildman–Crippen LogP) is 6.83. The highest BCUT2D eigenvalue weighted by molar-refractivity contribution is 6.76. The van der Waals surface area contributed by atoms with Crippen LogP contribution in [0.5, 0.6) is 11.5 Å². The van der Waals surface area contributed by atoms with E-state index in [2.05, 4.69) is 45.3 Å². The van der Waals surface area contributed by atoms with Gasteiger partial charge in [-0.3, -0.25) is 19.0 Å². The molecule has 4 atom stereocenters. The SMILES string of the molecule is COc1ccc2c(c1)c(-c1cnc3[nH]cc(C(=O)N[C@@H]4CCCC[C@@H]4N)c3n1)nn2C.COc1ccc2c(c1)c(-c1cnc3c(n1)c(C(=O)N[C@@H]1CCCC[C@@H]1N)cn3COCC[Si](C)(C)C)nn2C. The van der Waals surface area contributed by atoms with Crippen LogP contribution in [0.4, 0.5) is 0 Å². The first-order valence-corrected chi connectivity index (χ1v) is 27.8. The summed E-state index contributed by atoms with van der Waals surface area (Å²) >= 11 is 0. The lowest BCUT2D eigenvalue weighted by Crippen LogP contribution is -2.49. The van der Waals surface area contributed by atoms with Crippen molar-refractivity contribution in [3.8, 4) is 34.3 Å². The summed E-state index contributed by atoms with van der Waals surface area (Å²) in [6.45, 7) is 7.94. The Kier molecular flexibility index (Phi) is 14.0. The molecule has 0 spiro atoms. The first-order valence-electron chi connectivity index (χ1n) is 24.1. The molecule has 0 bridgehead atoms. The molecule has 10 rings (SSSR count). The first-order chi connectivity index (χ1) is 33.7. The maximum absolute atomic E-state index is 13.6. The van der Waals surface area contributed by atoms with Gasteiger partial charge in [-0.2, -0.15) is 10.2 Å². The number of hydrogen-bond acceptors (Lipinski definition) is 13. The molecule has 2 fully saturated rings. The summed E-state index contributed by atoms with van der Waals surface area (Å²) in [5, 5.41) is 17.4. The number of aromatic amines is 1. The van der Waals surface area contributed by atoms with E-state index >= 15 is 0 Å². The second-order valence-electron chi connectivity index (χ2n) is 19.7. The van der Waals surface area contributed by atoms with Gasteiger partial charge in [-0.25, -0.2) is 19.9 Å². The molecule has 2 aliphatic rings. The van der Waals surface area contributed by atoms with Gasteiger partial charge in [0.15, 0.2) is 11.3 Å². The molecular weight excluding hydrogens is 905 g/mol. The van der Waals surface area contributed by atoms with Crippen molar-refractivity contribution < 1.29 is 23.8 Å². The van der Waals surface area contributed by atoms with E-state index in [0.717, 1.165) is 90.7 Å². The number of nitrogens with two attached hydrogens (primary N) is 2. The Hall–Kier alpha value is -6.74. The van der Waals surface area contributed by atoms with Crippen LogP contribution >= 0.6 is 0 Å². The molecule has 20 heteroatoms. The van der Waals surface area contributed by atoms with Crippen LogP contribution in [0, 0.1) is 0 Å². The molecule has 2 aliphatic carbocycles. The zero-order valence-corrected chi connectivity index (χ0v) is 42.1. The van der Waals surface area contributed by atoms with E-state index in [1.807, 2.05) is 59.7 Å². The molecular formula is C50H64N14O5Si. The van der Waals surface area contributed by atoms with Crippen molar-refractivity contribution in [2.24, 2.45) is 25.6 Å². The fraction of sp³-hybridized carbons (Fsp3) is 0.440. The van der Waals surface area contributed by atoms with Crippen molar-refractivity contribution in [1.82, 2.24) is 59.7 Å². The number of nitrogens with one attached hydrogen (secondary N) is 3. The largest absolute Gasteiger partial charge is 0.497 e. The fourth-order valence-corrected chi connectivity index (χ4v) is 10.2. The lowest BCUT2D eigenvalue weighted by Gasteiger charge is -2.29. The smallest absolute Gasteiger partial charge is 0.255 e. The van der Waals surface area contributed by atoms with Crippen molar-refractivity contribution >= 4 is 64.0 Å². The number of H-pyrrole nitrogens is 1. The Morgan fingerprint density at radius 2 is 1.27 bits per heavy atom. The van der Waals surface area contributed by atoms with Gasteiger partial charge >= 0.3 is 0 Å². The number of aromatic nitrogens is 10. The molecule has 19 nitrogen and oxygen atoms in total. The summed E-state index contributed by atoms with van der Waals surface area (Å²) in [4.78, 5) is 48.5. The lowest BCUT2D eigenvalue weighted by atomic mass is 9.91. The zero-order valence-electron chi connectivity index (χ0n) is 41.1. The number of carbonyl (C=O) groups excluding carboxylic acids is 2. The molecule has 70 heavy (non-hydrogen) atoms. The summed E-state index contributed by atoms with van der Waals surface area (Å²) in [7, 11) is 5.82. The molecule has 0 aliphatic heterocycles. The van der Waals surface area contributed by atoms with E-state index in [4.69, 9.17) is 45.7 Å². The Labute approximate surface area is 407 Å². The monoisotopic (exact) mass is 968 g/mol. The first kappa shape index (κ1) is 48.3. The fourth-order valence-electron chi connectivity index (χ4n) is 9.44. The van der Waals surface area contributed by atoms with Gasteiger partial charge in [-0.1, -0.05) is 45.3 Å². The molecule has 2 aromatic carbocycles. The number of ether oxygens (including phenoxy) is 3. The Morgan fingerprint density at radius 1 is 0.743 bits per heavy atom. The maximum atomic E-state index is 13.6. The van der Waals surface area contributed by atoms with Crippen LogP contribution in [-0.2, 0) is 25.6 Å². The standard InChI is InChI=1S/C28H39N7O3Si.C22H25N7O2/c1-34-24-11-10-18(37-2)14-19(24)25(33-34)23-15-30-27-26(31-23)20(16-35(27)17-38-12-13-39(3,4)5)28(36)32-22-9-7-6-8-21(22)29;1-29-18-8-7-12(31-2)9-13(18)19(28-29)17-11-25-21-20(26-17)14(10-24-21)22(30)27-16-6-4-3-5-15(16)23/h10-11,14-16,21-22H,6-9,12-13,17,29H2,1-5H3,(H,32,36);7-11,15-16H,3-6,23H2,1-2H3,(H,24,25)(H,27,30)/t21-,22+;15-,16+/m00/s1. The van der Waals surface area contributed by atoms with Crippen LogP contribution in [0.1, 0.15) is 72.1 Å². The van der Waals surface area contributed by atoms with E-state index < -0.39 is 8.07 Å². The number of aryl methyl sites for hydroxylation is 2. The van der Waals surface area contributed by atoms with E-state index in [1.165, 1.54) is 0 Å². The van der Waals surface area contributed by atoms with Crippen molar-refractivity contribution in [2.75, 3.05) is 20.8 Å². The summed E-state index contributed by atoms with van der Waals surface area (Å²) in [6, 6.07) is 12.5. The van der Waals surface area contributed by atoms with Crippen LogP contribution in [-0.4, -0.2) is 114 Å². The van der Waals surface area contributed by atoms with Gasteiger partial charge in [0.1, 0.15) is 52.0 Å². The van der Waals surface area contributed by atoms with Crippen LogP contribution in [0.15, 0.2) is 61.2 Å². The van der Waals surface area contributed by atoms with Crippen molar-refractivity contribution in [2.45, 2.75) is 108 Å². The quantitative estimate of drug-likeness (QED) is 0.0589. The molecule has 6 aromatic heterocycles. The Bertz CT molecular complexity index is 3190. The minimum absolute atomic E-state index is 0.0144. The molecule has 2 saturated carbocycles. The molecule has 368 valence electrons. The van der Waals surface area contributed by atoms with Crippen LogP contribution in [0.3, 0.4) is 0 Å². The average Bonchev–Trinajstić information content (AvgIpc) is 4.12. The minimum atomic E-state index is -1.22. The second kappa shape index (κ2) is 20.3. The Morgan fingerprint density at radius 3 is 1.81 bits per heavy atom. The maximum Gasteiger partial charge on any atom is 0.255 e. The van der Waals surface area contributed by atoms with Crippen LogP contribution < -0.4 is 31.6 Å². The topological polar surface area (TPSA) is 246 Å². The molecule has 0 unspecified atom stereocenters. The minimum Gasteiger partial charge on any atom is -0.497 e. The summed E-state index contributed by atoms with van der Waals surface area (Å²) in [6.07, 6.45) is 14.8. The van der Waals surface area contributed by atoms with E-state index in [-0.39, 0.29) is 36.0 Å². The van der Waals surface area contributed by atoms with E-state index in [0.29, 0.717) is 69.6 Å². The highest BCUT2D eigenvalue weighted by atomic mass is 28.3. The number of hydrogen-bond donors (Lipinski definition) is 5. The third-order valence-corrected chi connectivity index (χ3v) is 15.2. The molecule has 2 amide bonds. The summed E-state index contributed by atoms with van der Waals surface area (Å²) < 4.78 is 22.3. The van der Waals surface area contributed by atoms with Crippen molar-refractivity contribution in [3.05, 3.63) is 72.3 Å². The van der Waals surface area contributed by atoms with Gasteiger partial charge in [0.25, 0.3) is 11.8 Å². The zero-order chi connectivity index (χ0) is 49.3. The second-order valence-corrected chi connectivity index (χ2v) is 25.3.